The molecule has 1 fully saturated rings. The van der Waals surface area contributed by atoms with E-state index in [1.54, 1.807) is 47.1 Å². The number of aromatic nitrogens is 2. The fourth-order valence-electron chi connectivity index (χ4n) is 3.97. The minimum absolute atomic E-state index is 0.0649. The number of amides is 1. The summed E-state index contributed by atoms with van der Waals surface area (Å²) in [6, 6.07) is 12.5. The number of benzene rings is 2. The van der Waals surface area contributed by atoms with Gasteiger partial charge < -0.3 is 21.7 Å². The molecule has 8 nitrogen and oxygen atoms in total. The first-order valence-electron chi connectivity index (χ1n) is 11.1. The summed E-state index contributed by atoms with van der Waals surface area (Å²) < 4.78 is 1.64. The first kappa shape index (κ1) is 24.8. The zero-order valence-electron chi connectivity index (χ0n) is 19.3. The lowest BCUT2D eigenvalue weighted by molar-refractivity contribution is 0.0740. The van der Waals surface area contributed by atoms with Crippen molar-refractivity contribution < 1.29 is 4.79 Å². The van der Waals surface area contributed by atoms with Crippen molar-refractivity contribution in [3.8, 4) is 0 Å². The number of nitrogen functional groups attached to an aromatic ring is 1. The van der Waals surface area contributed by atoms with Gasteiger partial charge in [-0.15, -0.1) is 0 Å². The van der Waals surface area contributed by atoms with Crippen LogP contribution in [0, 0.1) is 0 Å². The van der Waals surface area contributed by atoms with E-state index >= 15 is 0 Å². The number of halogens is 2. The molecule has 3 aromatic rings. The molecule has 0 aliphatic carbocycles. The minimum Gasteiger partial charge on any atom is -0.396 e. The number of aryl methyl sites for hydroxylation is 1. The number of carbonyl (C=O) groups excluding carboxylic acids is 1. The second kappa shape index (κ2) is 10.5. The molecule has 10 heteroatoms. The Labute approximate surface area is 214 Å². The fraction of sp³-hybridized carbons (Fsp3) is 0.240. The van der Waals surface area contributed by atoms with Gasteiger partial charge in [0.05, 0.1) is 24.6 Å². The smallest absolute Gasteiger partial charge is 0.255 e. The highest BCUT2D eigenvalue weighted by atomic mass is 35.5. The van der Waals surface area contributed by atoms with E-state index in [4.69, 9.17) is 39.7 Å². The number of nitrogens with zero attached hydrogens (tertiary/aromatic N) is 4. The zero-order valence-corrected chi connectivity index (χ0v) is 20.9. The van der Waals surface area contributed by atoms with Crippen molar-refractivity contribution in [1.82, 2.24) is 20.0 Å². The Kier molecular flexibility index (Phi) is 7.45. The van der Waals surface area contributed by atoms with Crippen LogP contribution in [0.4, 0.5) is 5.69 Å². The Morgan fingerprint density at radius 3 is 2.54 bits per heavy atom. The maximum Gasteiger partial charge on any atom is 0.255 e. The van der Waals surface area contributed by atoms with Gasteiger partial charge in [-0.25, -0.2) is 0 Å². The fourth-order valence-corrected chi connectivity index (χ4v) is 4.44. The maximum absolute atomic E-state index is 12.8. The Morgan fingerprint density at radius 2 is 1.94 bits per heavy atom. The summed E-state index contributed by atoms with van der Waals surface area (Å²) in [4.78, 5) is 19.2. The van der Waals surface area contributed by atoms with Gasteiger partial charge in [0, 0.05) is 34.9 Å². The molecule has 35 heavy (non-hydrogen) atoms. The van der Waals surface area contributed by atoms with E-state index in [-0.39, 0.29) is 12.1 Å². The Hall–Kier alpha value is -3.33. The molecule has 0 spiro atoms. The van der Waals surface area contributed by atoms with Crippen molar-refractivity contribution in [3.05, 3.63) is 87.7 Å². The predicted octanol–water partition coefficient (Wildman–Crippen LogP) is 4.04. The molecule has 1 aliphatic heterocycles. The molecule has 1 atom stereocenters. The molecule has 2 aromatic carbocycles. The lowest BCUT2D eigenvalue weighted by Crippen LogP contribution is -2.40. The third kappa shape index (κ3) is 5.51. The van der Waals surface area contributed by atoms with Crippen LogP contribution < -0.4 is 16.8 Å². The van der Waals surface area contributed by atoms with Gasteiger partial charge in [0.25, 0.3) is 5.91 Å². The molecular weight excluding hydrogens is 485 g/mol. The van der Waals surface area contributed by atoms with Gasteiger partial charge in [-0.05, 0) is 48.2 Å². The quantitative estimate of drug-likeness (QED) is 0.341. The average Bonchev–Trinajstić information content (AvgIpc) is 3.41. The number of rotatable bonds is 6. The molecule has 1 aliphatic rings. The third-order valence-electron chi connectivity index (χ3n) is 5.92. The number of hydrogen-bond acceptors (Lipinski definition) is 5. The predicted molar refractivity (Wildman–Crippen MR) is 141 cm³/mol. The van der Waals surface area contributed by atoms with Crippen molar-refractivity contribution >= 4 is 46.3 Å². The molecule has 4 rings (SSSR count). The molecule has 1 saturated heterocycles. The minimum atomic E-state index is -0.226. The first-order valence-corrected chi connectivity index (χ1v) is 11.9. The van der Waals surface area contributed by atoms with E-state index in [1.807, 2.05) is 18.2 Å². The highest BCUT2D eigenvalue weighted by Crippen LogP contribution is 2.23. The summed E-state index contributed by atoms with van der Waals surface area (Å²) in [5.74, 6) is 0.423. The molecule has 2 heterocycles. The molecule has 0 radical (unpaired) electrons. The summed E-state index contributed by atoms with van der Waals surface area (Å²) in [6.45, 7) is 5.13. The van der Waals surface area contributed by atoms with Crippen molar-refractivity contribution in [2.45, 2.75) is 25.6 Å². The van der Waals surface area contributed by atoms with E-state index < -0.39 is 0 Å². The van der Waals surface area contributed by atoms with Gasteiger partial charge in [0.2, 0.25) is 0 Å². The van der Waals surface area contributed by atoms with Gasteiger partial charge >= 0.3 is 0 Å². The van der Waals surface area contributed by atoms with E-state index in [2.05, 4.69) is 17.0 Å². The Morgan fingerprint density at radius 1 is 1.23 bits per heavy atom. The summed E-state index contributed by atoms with van der Waals surface area (Å²) in [6.07, 6.45) is 3.08. The largest absolute Gasteiger partial charge is 0.396 e. The van der Waals surface area contributed by atoms with Gasteiger partial charge in [-0.2, -0.15) is 5.10 Å². The van der Waals surface area contributed by atoms with Crippen molar-refractivity contribution in [2.75, 3.05) is 12.3 Å². The summed E-state index contributed by atoms with van der Waals surface area (Å²) in [5.41, 5.74) is 16.1. The zero-order chi connectivity index (χ0) is 25.1. The third-order valence-corrected chi connectivity index (χ3v) is 6.51. The van der Waals surface area contributed by atoms with Crippen molar-refractivity contribution in [2.24, 2.45) is 17.8 Å². The highest BCUT2D eigenvalue weighted by molar-refractivity contribution is 6.35. The second-order valence-electron chi connectivity index (χ2n) is 8.36. The van der Waals surface area contributed by atoms with Crippen molar-refractivity contribution in [3.63, 3.8) is 0 Å². The number of nitrogens with two attached hydrogens (primary N) is 2. The Balaban J connectivity index is 1.56. The van der Waals surface area contributed by atoms with E-state index in [0.29, 0.717) is 51.6 Å². The van der Waals surface area contributed by atoms with Crippen LogP contribution in [0.1, 0.15) is 40.0 Å². The lowest BCUT2D eigenvalue weighted by atomic mass is 10.1. The number of nitrogens with one attached hydrogen (secondary N) is 1. The van der Waals surface area contributed by atoms with Crippen LogP contribution in [0.15, 0.2) is 60.2 Å². The van der Waals surface area contributed by atoms with Gasteiger partial charge in [0.1, 0.15) is 5.69 Å². The summed E-state index contributed by atoms with van der Waals surface area (Å²) in [7, 11) is 1.78. The van der Waals surface area contributed by atoms with Crippen LogP contribution in [0.3, 0.4) is 0 Å². The van der Waals surface area contributed by atoms with Crippen LogP contribution in [0.2, 0.25) is 10.0 Å². The Bertz CT molecular complexity index is 1260. The monoisotopic (exact) mass is 511 g/mol. The lowest BCUT2D eigenvalue weighted by Gasteiger charge is -2.21. The van der Waals surface area contributed by atoms with E-state index in [0.717, 1.165) is 24.0 Å². The summed E-state index contributed by atoms with van der Waals surface area (Å²) in [5, 5.41) is 8.56. The molecular formula is C25H27Cl2N7O. The molecule has 182 valence electrons. The molecule has 5 N–H and O–H groups in total. The number of hydrogen-bond donors (Lipinski definition) is 3. The number of aliphatic imine (C=N–C) groups is 1. The highest BCUT2D eigenvalue weighted by Gasteiger charge is 2.26. The van der Waals surface area contributed by atoms with E-state index in [9.17, 15) is 4.79 Å². The average molecular weight is 512 g/mol. The standard InChI is InChI=1S/C25H27Cl2N7O/c1-15(16-5-7-17(8-6-16)25(35)34-11-3-4-22(34)29)32-24(23-21(28)14-31-33(23)2)30-13-18-9-10-19(26)12-20(18)27/h5-10,12,14,22H,1,3-4,11,13,28-29H2,2H3,(H,30,32)/t22-/m0/s1. The number of likely N-dealkylation sites (tertiary alicyclic amines) is 1. The van der Waals surface area contributed by atoms with Crippen LogP contribution in [0.5, 0.6) is 0 Å². The first-order chi connectivity index (χ1) is 16.7. The number of anilines is 1. The molecule has 0 unspecified atom stereocenters. The van der Waals surface area contributed by atoms with Gasteiger partial charge in [0.15, 0.2) is 5.84 Å². The molecule has 0 saturated carbocycles. The topological polar surface area (TPSA) is 115 Å². The normalized spacial score (nSPS) is 15.9. The van der Waals surface area contributed by atoms with Crippen LogP contribution >= 0.6 is 23.2 Å². The molecule has 1 aromatic heterocycles. The van der Waals surface area contributed by atoms with Gasteiger partial charge in [-0.1, -0.05) is 48.0 Å². The molecule has 1 amide bonds. The number of carbonyl (C=O) groups is 1. The van der Waals surface area contributed by atoms with Gasteiger partial charge in [-0.3, -0.25) is 14.5 Å². The SMILES string of the molecule is C=C(NC(=NCc1ccc(Cl)cc1Cl)c1c(N)cnn1C)c1ccc(C(=O)N2CCC[C@H]2N)cc1. The van der Waals surface area contributed by atoms with Crippen LogP contribution in [0.25, 0.3) is 5.70 Å². The van der Waals surface area contributed by atoms with Crippen LogP contribution in [-0.4, -0.2) is 39.1 Å². The number of amidine groups is 1. The second-order valence-corrected chi connectivity index (χ2v) is 9.21. The van der Waals surface area contributed by atoms with Crippen LogP contribution in [-0.2, 0) is 13.6 Å². The van der Waals surface area contributed by atoms with E-state index in [1.165, 1.54) is 0 Å². The molecule has 0 bridgehead atoms. The van der Waals surface area contributed by atoms with Crippen molar-refractivity contribution in [1.29, 1.82) is 0 Å². The maximum atomic E-state index is 12.8. The summed E-state index contributed by atoms with van der Waals surface area (Å²) >= 11 is 12.3.